The van der Waals surface area contributed by atoms with E-state index in [1.54, 1.807) is 30.0 Å². The van der Waals surface area contributed by atoms with Gasteiger partial charge in [-0.1, -0.05) is 40.5 Å². The van der Waals surface area contributed by atoms with Crippen LogP contribution in [0.5, 0.6) is 0 Å². The Hall–Kier alpha value is -2.06. The summed E-state index contributed by atoms with van der Waals surface area (Å²) in [6, 6.07) is 13.0. The van der Waals surface area contributed by atoms with E-state index >= 15 is 0 Å². The summed E-state index contributed by atoms with van der Waals surface area (Å²) in [4.78, 5) is 20.5. The van der Waals surface area contributed by atoms with Gasteiger partial charge in [-0.2, -0.15) is 4.98 Å². The molecule has 1 aliphatic rings. The number of halogens is 2. The average Bonchev–Trinajstić information content (AvgIpc) is 3.22. The predicted molar refractivity (Wildman–Crippen MR) is 125 cm³/mol. The van der Waals surface area contributed by atoms with Crippen LogP contribution in [0.3, 0.4) is 0 Å². The van der Waals surface area contributed by atoms with Crippen LogP contribution in [-0.2, 0) is 11.3 Å². The second-order valence-electron chi connectivity index (χ2n) is 7.38. The lowest BCUT2D eigenvalue weighted by Crippen LogP contribution is -2.37. The molecule has 6 nitrogen and oxygen atoms in total. The number of likely N-dealkylation sites (tertiary alicyclic amines) is 1. The number of piperidine rings is 1. The number of amides is 1. The van der Waals surface area contributed by atoms with Crippen molar-refractivity contribution in [2.24, 2.45) is 5.92 Å². The second-order valence-corrected chi connectivity index (χ2v) is 9.07. The van der Waals surface area contributed by atoms with E-state index in [4.69, 9.17) is 27.7 Å². The maximum atomic E-state index is 12.7. The monoisotopic (exact) mass is 476 g/mol. The molecule has 31 heavy (non-hydrogen) atoms. The Morgan fingerprint density at radius 1 is 1.23 bits per heavy atom. The molecule has 9 heteroatoms. The zero-order valence-electron chi connectivity index (χ0n) is 17.0. The largest absolute Gasteiger partial charge is 0.338 e. The number of para-hydroxylation sites is 1. The van der Waals surface area contributed by atoms with Crippen molar-refractivity contribution in [2.75, 3.05) is 24.7 Å². The first-order chi connectivity index (χ1) is 15.0. The predicted octanol–water partition coefficient (Wildman–Crippen LogP) is 5.62. The first kappa shape index (κ1) is 22.1. The van der Waals surface area contributed by atoms with Crippen LogP contribution in [0.15, 0.2) is 51.9 Å². The number of carbonyl (C=O) groups excluding carboxylic acids is 1. The van der Waals surface area contributed by atoms with E-state index in [0.29, 0.717) is 33.9 Å². The molecule has 1 aliphatic heterocycles. The Kier molecular flexibility index (Phi) is 7.17. The molecule has 1 N–H and O–H groups in total. The number of rotatable bonds is 6. The van der Waals surface area contributed by atoms with Gasteiger partial charge >= 0.3 is 0 Å². The van der Waals surface area contributed by atoms with Crippen molar-refractivity contribution < 1.29 is 9.32 Å². The maximum Gasteiger partial charge on any atom is 0.241 e. The molecule has 0 spiro atoms. The van der Waals surface area contributed by atoms with Gasteiger partial charge in [-0.25, -0.2) is 0 Å². The fourth-order valence-corrected chi connectivity index (χ4v) is 4.67. The second kappa shape index (κ2) is 10.0. The molecule has 1 amide bonds. The van der Waals surface area contributed by atoms with Gasteiger partial charge in [0, 0.05) is 21.4 Å². The molecule has 0 bridgehead atoms. The Morgan fingerprint density at radius 3 is 2.74 bits per heavy atom. The number of anilines is 1. The van der Waals surface area contributed by atoms with Gasteiger partial charge in [-0.15, -0.1) is 11.8 Å². The van der Waals surface area contributed by atoms with Crippen molar-refractivity contribution in [3.8, 4) is 11.4 Å². The minimum atomic E-state index is -0.00252. The van der Waals surface area contributed by atoms with Crippen molar-refractivity contribution >= 4 is 46.6 Å². The van der Waals surface area contributed by atoms with Gasteiger partial charge in [-0.05, 0) is 62.5 Å². The average molecular weight is 477 g/mol. The lowest BCUT2D eigenvalue weighted by molar-refractivity contribution is -0.121. The summed E-state index contributed by atoms with van der Waals surface area (Å²) in [5.74, 6) is 1.05. The number of aromatic nitrogens is 2. The number of hydrogen-bond donors (Lipinski definition) is 1. The van der Waals surface area contributed by atoms with Crippen molar-refractivity contribution in [1.29, 1.82) is 0 Å². The highest BCUT2D eigenvalue weighted by atomic mass is 35.5. The van der Waals surface area contributed by atoms with Crippen molar-refractivity contribution in [3.63, 3.8) is 0 Å². The molecule has 2 aromatic carbocycles. The number of nitrogens with zero attached hydrogens (tertiary/aromatic N) is 3. The summed E-state index contributed by atoms with van der Waals surface area (Å²) >= 11 is 13.8. The van der Waals surface area contributed by atoms with E-state index in [0.717, 1.165) is 36.5 Å². The first-order valence-corrected chi connectivity index (χ1v) is 12.0. The van der Waals surface area contributed by atoms with Crippen LogP contribution in [0.4, 0.5) is 5.69 Å². The molecule has 0 aliphatic carbocycles. The summed E-state index contributed by atoms with van der Waals surface area (Å²) in [6.45, 7) is 2.13. The van der Waals surface area contributed by atoms with Gasteiger partial charge in [0.1, 0.15) is 0 Å². The smallest absolute Gasteiger partial charge is 0.241 e. The summed E-state index contributed by atoms with van der Waals surface area (Å²) in [6.07, 6.45) is 3.59. The number of carbonyl (C=O) groups is 1. The van der Waals surface area contributed by atoms with E-state index in [1.165, 1.54) is 0 Å². The molecular weight excluding hydrogens is 455 g/mol. The number of hydrogen-bond acceptors (Lipinski definition) is 6. The molecule has 4 rings (SSSR count). The minimum absolute atomic E-state index is 0.00252. The molecule has 0 saturated carbocycles. The third-order valence-corrected chi connectivity index (χ3v) is 6.67. The molecular formula is C22H22Cl2N4O2S. The third kappa shape index (κ3) is 5.41. The molecule has 1 fully saturated rings. The van der Waals surface area contributed by atoms with Gasteiger partial charge in [0.05, 0.1) is 17.3 Å². The topological polar surface area (TPSA) is 71.3 Å². The zero-order chi connectivity index (χ0) is 21.8. The van der Waals surface area contributed by atoms with Crippen LogP contribution < -0.4 is 5.32 Å². The molecule has 0 radical (unpaired) electrons. The third-order valence-electron chi connectivity index (χ3n) is 5.32. The highest BCUT2D eigenvalue weighted by molar-refractivity contribution is 7.98. The highest BCUT2D eigenvalue weighted by Crippen LogP contribution is 2.29. The summed E-state index contributed by atoms with van der Waals surface area (Å²) in [7, 11) is 0. The molecule has 1 saturated heterocycles. The van der Waals surface area contributed by atoms with Crippen LogP contribution in [0.25, 0.3) is 11.4 Å². The Balaban J connectivity index is 1.31. The van der Waals surface area contributed by atoms with E-state index in [-0.39, 0.29) is 11.8 Å². The minimum Gasteiger partial charge on any atom is -0.338 e. The lowest BCUT2D eigenvalue weighted by Gasteiger charge is -2.30. The molecule has 2 heterocycles. The first-order valence-electron chi connectivity index (χ1n) is 9.97. The van der Waals surface area contributed by atoms with Gasteiger partial charge < -0.3 is 9.84 Å². The van der Waals surface area contributed by atoms with Crippen molar-refractivity contribution in [3.05, 3.63) is 58.4 Å². The van der Waals surface area contributed by atoms with Gasteiger partial charge in [0.2, 0.25) is 17.6 Å². The summed E-state index contributed by atoms with van der Waals surface area (Å²) in [5.41, 5.74) is 1.56. The van der Waals surface area contributed by atoms with Gasteiger partial charge in [-0.3, -0.25) is 9.69 Å². The molecule has 0 atom stereocenters. The fraction of sp³-hybridized carbons (Fsp3) is 0.318. The van der Waals surface area contributed by atoms with E-state index < -0.39 is 0 Å². The zero-order valence-corrected chi connectivity index (χ0v) is 19.3. The molecule has 162 valence electrons. The van der Waals surface area contributed by atoms with E-state index in [2.05, 4.69) is 20.4 Å². The Bertz CT molecular complexity index is 1070. The van der Waals surface area contributed by atoms with Crippen molar-refractivity contribution in [1.82, 2.24) is 15.0 Å². The number of benzene rings is 2. The van der Waals surface area contributed by atoms with Gasteiger partial charge in [0.15, 0.2) is 0 Å². The molecule has 3 aromatic rings. The Labute approximate surface area is 195 Å². The van der Waals surface area contributed by atoms with E-state index in [9.17, 15) is 4.79 Å². The quantitative estimate of drug-likeness (QED) is 0.465. The number of nitrogens with one attached hydrogen (secondary N) is 1. The van der Waals surface area contributed by atoms with Crippen LogP contribution in [0, 0.1) is 5.92 Å². The van der Waals surface area contributed by atoms with E-state index in [1.807, 2.05) is 30.5 Å². The van der Waals surface area contributed by atoms with Crippen molar-refractivity contribution in [2.45, 2.75) is 24.3 Å². The van der Waals surface area contributed by atoms with Gasteiger partial charge in [0.25, 0.3) is 0 Å². The molecule has 1 aromatic heterocycles. The molecule has 0 unspecified atom stereocenters. The number of thioether (sulfide) groups is 1. The maximum absolute atomic E-state index is 12.7. The summed E-state index contributed by atoms with van der Waals surface area (Å²) < 4.78 is 5.41. The summed E-state index contributed by atoms with van der Waals surface area (Å²) in [5, 5.41) is 8.17. The van der Waals surface area contributed by atoms with Crippen LogP contribution in [0.1, 0.15) is 18.7 Å². The van der Waals surface area contributed by atoms with Crippen LogP contribution in [-0.4, -0.2) is 40.3 Å². The fourth-order valence-electron chi connectivity index (χ4n) is 3.63. The lowest BCUT2D eigenvalue weighted by atomic mass is 9.96. The highest BCUT2D eigenvalue weighted by Gasteiger charge is 2.26. The Morgan fingerprint density at radius 2 is 2.00 bits per heavy atom. The van der Waals surface area contributed by atoms with Crippen LogP contribution in [0.2, 0.25) is 10.0 Å². The standard InChI is InChI=1S/C22H22Cl2N4O2S/c1-31-19-5-3-2-4-18(19)25-22(29)14-8-10-28(11-9-14)13-20-26-21(27-30-20)16-7-6-15(23)12-17(16)24/h2-7,12,14H,8-11,13H2,1H3,(H,25,29). The van der Waals surface area contributed by atoms with Crippen LogP contribution >= 0.6 is 35.0 Å². The normalized spacial score (nSPS) is 15.2. The SMILES string of the molecule is CSc1ccccc1NC(=O)C1CCN(Cc2nc(-c3ccc(Cl)cc3Cl)no2)CC1.